The van der Waals surface area contributed by atoms with E-state index in [-0.39, 0.29) is 24.1 Å². The second-order valence-electron chi connectivity index (χ2n) is 7.38. The molecular formula is C20H20N8O3. The van der Waals surface area contributed by atoms with Gasteiger partial charge in [-0.25, -0.2) is 9.67 Å². The van der Waals surface area contributed by atoms with E-state index in [0.29, 0.717) is 34.5 Å². The highest BCUT2D eigenvalue weighted by atomic mass is 16.5. The molecule has 158 valence electrons. The van der Waals surface area contributed by atoms with Crippen molar-refractivity contribution in [3.05, 3.63) is 41.7 Å². The average Bonchev–Trinajstić information content (AvgIpc) is 3.55. The summed E-state index contributed by atoms with van der Waals surface area (Å²) < 4.78 is 7.69. The Kier molecular flexibility index (Phi) is 4.50. The number of hydrogen-bond acceptors (Lipinski definition) is 8. The van der Waals surface area contributed by atoms with Crippen molar-refractivity contribution >= 4 is 28.9 Å². The van der Waals surface area contributed by atoms with Gasteiger partial charge in [-0.05, 0) is 31.9 Å². The number of carbonyl (C=O) groups excluding carboxylic acids is 2. The van der Waals surface area contributed by atoms with Crippen LogP contribution in [-0.4, -0.2) is 43.8 Å². The van der Waals surface area contributed by atoms with Crippen LogP contribution in [0.5, 0.6) is 5.75 Å². The standard InChI is InChI=1S/C20H20N8O3/c1-10-23-15-9-31-18-12(4-3-5-14(18)28(15)27-10)24-16-13(25-19(29)11-6-7-11)8-22-26-17(16)20(30)21-2/h3-5,8,11H,6-7,9H2,1-2H3,(H,21,30)(H,22,24)(H,25,26,29). The van der Waals surface area contributed by atoms with E-state index in [9.17, 15) is 9.59 Å². The van der Waals surface area contributed by atoms with Gasteiger partial charge in [0.2, 0.25) is 5.91 Å². The van der Waals surface area contributed by atoms with Crippen LogP contribution in [0, 0.1) is 12.8 Å². The van der Waals surface area contributed by atoms with Crippen molar-refractivity contribution in [1.82, 2.24) is 30.3 Å². The predicted octanol–water partition coefficient (Wildman–Crippen LogP) is 1.71. The molecule has 2 amide bonds. The van der Waals surface area contributed by atoms with Gasteiger partial charge in [0.1, 0.15) is 18.1 Å². The maximum atomic E-state index is 12.4. The molecule has 0 bridgehead atoms. The van der Waals surface area contributed by atoms with E-state index in [1.54, 1.807) is 4.68 Å². The molecule has 31 heavy (non-hydrogen) atoms. The summed E-state index contributed by atoms with van der Waals surface area (Å²) in [4.78, 5) is 29.2. The summed E-state index contributed by atoms with van der Waals surface area (Å²) in [6.07, 6.45) is 3.13. The SMILES string of the molecule is CNC(=O)c1nncc(NC(=O)C2CC2)c1Nc1cccc2c1OCc1nc(C)nn1-2. The van der Waals surface area contributed by atoms with Crippen LogP contribution in [0.25, 0.3) is 5.69 Å². The number of anilines is 3. The van der Waals surface area contributed by atoms with Gasteiger partial charge in [-0.1, -0.05) is 6.07 Å². The molecule has 11 heteroatoms. The number of aromatic nitrogens is 5. The monoisotopic (exact) mass is 420 g/mol. The Bertz CT molecular complexity index is 1200. The molecule has 1 aromatic carbocycles. The fourth-order valence-corrected chi connectivity index (χ4v) is 3.42. The molecule has 5 rings (SSSR count). The lowest BCUT2D eigenvalue weighted by molar-refractivity contribution is -0.117. The molecule has 0 spiro atoms. The van der Waals surface area contributed by atoms with Crippen molar-refractivity contribution in [3.8, 4) is 11.4 Å². The van der Waals surface area contributed by atoms with Crippen LogP contribution in [0.4, 0.5) is 17.1 Å². The Balaban J connectivity index is 1.57. The molecule has 3 aromatic rings. The number of hydrogen-bond donors (Lipinski definition) is 3. The minimum atomic E-state index is -0.433. The van der Waals surface area contributed by atoms with Crippen molar-refractivity contribution in [1.29, 1.82) is 0 Å². The summed E-state index contributed by atoms with van der Waals surface area (Å²) in [6, 6.07) is 5.53. The average molecular weight is 420 g/mol. The van der Waals surface area contributed by atoms with Gasteiger partial charge in [-0.15, -0.1) is 5.10 Å². The molecule has 11 nitrogen and oxygen atoms in total. The lowest BCUT2D eigenvalue weighted by Gasteiger charge is -2.22. The third kappa shape index (κ3) is 3.43. The van der Waals surface area contributed by atoms with E-state index in [4.69, 9.17) is 4.74 Å². The van der Waals surface area contributed by atoms with Gasteiger partial charge in [0.15, 0.2) is 17.3 Å². The first kappa shape index (κ1) is 19.0. The number of para-hydroxylation sites is 1. The highest BCUT2D eigenvalue weighted by Crippen LogP contribution is 2.39. The maximum Gasteiger partial charge on any atom is 0.273 e. The molecule has 0 saturated heterocycles. The van der Waals surface area contributed by atoms with Crippen LogP contribution in [0.15, 0.2) is 24.4 Å². The number of carbonyl (C=O) groups is 2. The first-order valence-corrected chi connectivity index (χ1v) is 9.89. The summed E-state index contributed by atoms with van der Waals surface area (Å²) >= 11 is 0. The van der Waals surface area contributed by atoms with E-state index in [2.05, 4.69) is 36.2 Å². The molecule has 0 radical (unpaired) electrons. The lowest BCUT2D eigenvalue weighted by Crippen LogP contribution is -2.23. The number of fused-ring (bicyclic) bond motifs is 3. The summed E-state index contributed by atoms with van der Waals surface area (Å²) in [7, 11) is 1.51. The Morgan fingerprint density at radius 1 is 1.23 bits per heavy atom. The Labute approximate surface area is 177 Å². The fourth-order valence-electron chi connectivity index (χ4n) is 3.42. The van der Waals surface area contributed by atoms with E-state index in [1.807, 2.05) is 25.1 Å². The Morgan fingerprint density at radius 2 is 2.06 bits per heavy atom. The summed E-state index contributed by atoms with van der Waals surface area (Å²) in [5.74, 6) is 1.36. The first-order chi connectivity index (χ1) is 15.0. The van der Waals surface area contributed by atoms with Gasteiger partial charge in [-0.2, -0.15) is 10.2 Å². The second kappa shape index (κ2) is 7.35. The number of rotatable bonds is 5. The predicted molar refractivity (Wildman–Crippen MR) is 110 cm³/mol. The highest BCUT2D eigenvalue weighted by Gasteiger charge is 2.31. The van der Waals surface area contributed by atoms with Gasteiger partial charge in [0, 0.05) is 13.0 Å². The molecule has 3 heterocycles. The highest BCUT2D eigenvalue weighted by molar-refractivity contribution is 6.05. The smallest absolute Gasteiger partial charge is 0.273 e. The van der Waals surface area contributed by atoms with Crippen molar-refractivity contribution in [2.24, 2.45) is 5.92 Å². The van der Waals surface area contributed by atoms with Crippen LogP contribution in [0.3, 0.4) is 0 Å². The lowest BCUT2D eigenvalue weighted by atomic mass is 10.2. The van der Waals surface area contributed by atoms with Crippen LogP contribution in [-0.2, 0) is 11.4 Å². The molecule has 0 unspecified atom stereocenters. The Hall–Kier alpha value is -4.02. The van der Waals surface area contributed by atoms with E-state index >= 15 is 0 Å². The van der Waals surface area contributed by atoms with Gasteiger partial charge >= 0.3 is 0 Å². The number of amides is 2. The van der Waals surface area contributed by atoms with Gasteiger partial charge in [0.05, 0.1) is 23.3 Å². The van der Waals surface area contributed by atoms with Crippen LogP contribution in [0.2, 0.25) is 0 Å². The zero-order valence-corrected chi connectivity index (χ0v) is 17.0. The van der Waals surface area contributed by atoms with Gasteiger partial charge < -0.3 is 20.7 Å². The minimum absolute atomic E-state index is 0.00809. The van der Waals surface area contributed by atoms with E-state index in [1.165, 1.54) is 13.2 Å². The summed E-state index contributed by atoms with van der Waals surface area (Å²) in [5, 5.41) is 20.9. The van der Waals surface area contributed by atoms with E-state index in [0.717, 1.165) is 18.5 Å². The topological polar surface area (TPSA) is 136 Å². The number of aryl methyl sites for hydroxylation is 1. The fraction of sp³-hybridized carbons (Fsp3) is 0.300. The minimum Gasteiger partial charge on any atom is -0.481 e. The van der Waals surface area contributed by atoms with Crippen molar-refractivity contribution in [3.63, 3.8) is 0 Å². The second-order valence-corrected chi connectivity index (χ2v) is 7.38. The van der Waals surface area contributed by atoms with Gasteiger partial charge in [0.25, 0.3) is 5.91 Å². The van der Waals surface area contributed by atoms with Gasteiger partial charge in [-0.3, -0.25) is 9.59 Å². The molecular weight excluding hydrogens is 400 g/mol. The quantitative estimate of drug-likeness (QED) is 0.568. The molecule has 1 saturated carbocycles. The number of benzene rings is 1. The maximum absolute atomic E-state index is 12.4. The third-order valence-electron chi connectivity index (χ3n) is 5.11. The normalized spacial score (nSPS) is 14.1. The molecule has 3 N–H and O–H groups in total. The van der Waals surface area contributed by atoms with Crippen molar-refractivity contribution in [2.75, 3.05) is 17.7 Å². The molecule has 1 aliphatic heterocycles. The molecule has 2 aromatic heterocycles. The molecule has 1 aliphatic carbocycles. The first-order valence-electron chi connectivity index (χ1n) is 9.89. The zero-order valence-electron chi connectivity index (χ0n) is 17.0. The zero-order chi connectivity index (χ0) is 21.5. The number of ether oxygens (including phenoxy) is 1. The van der Waals surface area contributed by atoms with Crippen LogP contribution >= 0.6 is 0 Å². The Morgan fingerprint density at radius 3 is 2.84 bits per heavy atom. The molecule has 2 aliphatic rings. The summed E-state index contributed by atoms with van der Waals surface area (Å²) in [5.41, 5.74) is 2.08. The largest absolute Gasteiger partial charge is 0.481 e. The molecule has 1 fully saturated rings. The number of nitrogens with one attached hydrogen (secondary N) is 3. The van der Waals surface area contributed by atoms with Crippen molar-refractivity contribution in [2.45, 2.75) is 26.4 Å². The van der Waals surface area contributed by atoms with E-state index < -0.39 is 5.91 Å². The third-order valence-corrected chi connectivity index (χ3v) is 5.11. The molecule has 0 atom stereocenters. The summed E-state index contributed by atoms with van der Waals surface area (Å²) in [6.45, 7) is 2.08. The number of nitrogens with zero attached hydrogens (tertiary/aromatic N) is 5. The van der Waals surface area contributed by atoms with Crippen LogP contribution in [0.1, 0.15) is 35.0 Å². The van der Waals surface area contributed by atoms with Crippen LogP contribution < -0.4 is 20.7 Å². The van der Waals surface area contributed by atoms with Crippen molar-refractivity contribution < 1.29 is 14.3 Å².